The fourth-order valence-corrected chi connectivity index (χ4v) is 3.75. The average Bonchev–Trinajstić information content (AvgIpc) is 3.10. The number of benzene rings is 3. The van der Waals surface area contributed by atoms with Gasteiger partial charge in [-0.1, -0.05) is 42.5 Å². The molecule has 5 aromatic rings. The standard InChI is InChI=1S/C24H18N2O2/c1-15-10-11-22-25-23-19-9-4-3-8-18(19)20(13-21(23)26(22)14-15)24(27)16-6-5-7-17(12-16)28-2/h3-14H,1-2H3. The van der Waals surface area contributed by atoms with E-state index in [9.17, 15) is 4.79 Å². The van der Waals surface area contributed by atoms with Gasteiger partial charge in [-0.25, -0.2) is 4.98 Å². The Morgan fingerprint density at radius 2 is 1.79 bits per heavy atom. The van der Waals surface area contributed by atoms with E-state index >= 15 is 0 Å². The maximum Gasteiger partial charge on any atom is 0.193 e. The third-order valence-electron chi connectivity index (χ3n) is 5.13. The molecule has 2 aromatic heterocycles. The van der Waals surface area contributed by atoms with Crippen molar-refractivity contribution in [2.45, 2.75) is 6.92 Å². The summed E-state index contributed by atoms with van der Waals surface area (Å²) in [6, 6.07) is 21.2. The largest absolute Gasteiger partial charge is 0.497 e. The van der Waals surface area contributed by atoms with Gasteiger partial charge in [0.25, 0.3) is 0 Å². The van der Waals surface area contributed by atoms with E-state index in [1.165, 1.54) is 0 Å². The molecular weight excluding hydrogens is 348 g/mol. The second kappa shape index (κ2) is 6.20. The lowest BCUT2D eigenvalue weighted by Gasteiger charge is -2.09. The number of pyridine rings is 1. The van der Waals surface area contributed by atoms with Gasteiger partial charge in [0.05, 0.1) is 18.1 Å². The molecule has 0 aliphatic rings. The molecule has 0 saturated carbocycles. The molecule has 4 nitrogen and oxygen atoms in total. The number of ketones is 1. The molecule has 3 aromatic carbocycles. The van der Waals surface area contributed by atoms with Crippen LogP contribution in [0, 0.1) is 6.92 Å². The first-order chi connectivity index (χ1) is 13.7. The summed E-state index contributed by atoms with van der Waals surface area (Å²) in [5, 5.41) is 1.88. The predicted molar refractivity (Wildman–Crippen MR) is 111 cm³/mol. The molecule has 0 saturated heterocycles. The van der Waals surface area contributed by atoms with Crippen LogP contribution in [0.5, 0.6) is 5.75 Å². The number of hydrogen-bond donors (Lipinski definition) is 0. The summed E-state index contributed by atoms with van der Waals surface area (Å²) in [6.07, 6.45) is 2.05. The van der Waals surface area contributed by atoms with Crippen molar-refractivity contribution >= 4 is 33.2 Å². The maximum absolute atomic E-state index is 13.4. The van der Waals surface area contributed by atoms with Crippen LogP contribution in [0.3, 0.4) is 0 Å². The third-order valence-corrected chi connectivity index (χ3v) is 5.13. The van der Waals surface area contributed by atoms with Crippen molar-refractivity contribution in [2.75, 3.05) is 7.11 Å². The van der Waals surface area contributed by atoms with Gasteiger partial charge in [-0.05, 0) is 42.1 Å². The van der Waals surface area contributed by atoms with E-state index in [-0.39, 0.29) is 5.78 Å². The zero-order chi connectivity index (χ0) is 19.3. The Labute approximate surface area is 162 Å². The second-order valence-corrected chi connectivity index (χ2v) is 6.94. The van der Waals surface area contributed by atoms with Crippen LogP contribution >= 0.6 is 0 Å². The maximum atomic E-state index is 13.4. The first-order valence-electron chi connectivity index (χ1n) is 9.14. The fourth-order valence-electron chi connectivity index (χ4n) is 3.75. The molecule has 0 unspecified atom stereocenters. The summed E-state index contributed by atoms with van der Waals surface area (Å²) in [5.41, 5.74) is 5.12. The van der Waals surface area contributed by atoms with Gasteiger partial charge in [0.2, 0.25) is 0 Å². The summed E-state index contributed by atoms with van der Waals surface area (Å²) in [7, 11) is 1.60. The predicted octanol–water partition coefficient (Wildman–Crippen LogP) is 5.19. The normalized spacial score (nSPS) is 11.4. The number of aromatic nitrogens is 2. The zero-order valence-electron chi connectivity index (χ0n) is 15.6. The highest BCUT2D eigenvalue weighted by atomic mass is 16.5. The molecule has 0 aliphatic carbocycles. The lowest BCUT2D eigenvalue weighted by atomic mass is 9.96. The highest BCUT2D eigenvalue weighted by Crippen LogP contribution is 2.31. The van der Waals surface area contributed by atoms with Crippen LogP contribution in [0.4, 0.5) is 0 Å². The Kier molecular flexibility index (Phi) is 3.66. The lowest BCUT2D eigenvalue weighted by Crippen LogP contribution is -2.03. The average molecular weight is 366 g/mol. The van der Waals surface area contributed by atoms with Gasteiger partial charge in [0.1, 0.15) is 11.4 Å². The quantitative estimate of drug-likeness (QED) is 0.413. The first-order valence-corrected chi connectivity index (χ1v) is 9.14. The van der Waals surface area contributed by atoms with Crippen LogP contribution in [-0.4, -0.2) is 22.3 Å². The smallest absolute Gasteiger partial charge is 0.193 e. The van der Waals surface area contributed by atoms with Gasteiger partial charge in [-0.2, -0.15) is 0 Å². The van der Waals surface area contributed by atoms with Crippen molar-refractivity contribution in [1.82, 2.24) is 9.38 Å². The topological polar surface area (TPSA) is 43.6 Å². The first kappa shape index (κ1) is 16.5. The van der Waals surface area contributed by atoms with E-state index in [1.807, 2.05) is 60.7 Å². The molecule has 0 aliphatic heterocycles. The monoisotopic (exact) mass is 366 g/mol. The van der Waals surface area contributed by atoms with Crippen molar-refractivity contribution in [3.63, 3.8) is 0 Å². The minimum Gasteiger partial charge on any atom is -0.497 e. The molecule has 0 atom stereocenters. The Balaban J connectivity index is 1.85. The number of nitrogens with zero attached hydrogens (tertiary/aromatic N) is 2. The van der Waals surface area contributed by atoms with Crippen molar-refractivity contribution < 1.29 is 9.53 Å². The number of hydrogen-bond acceptors (Lipinski definition) is 3. The van der Waals surface area contributed by atoms with Crippen LogP contribution in [0.1, 0.15) is 21.5 Å². The Bertz CT molecular complexity index is 1380. The van der Waals surface area contributed by atoms with Gasteiger partial charge in [0, 0.05) is 22.7 Å². The van der Waals surface area contributed by atoms with Crippen molar-refractivity contribution in [1.29, 1.82) is 0 Å². The Morgan fingerprint density at radius 1 is 0.964 bits per heavy atom. The molecule has 0 radical (unpaired) electrons. The Hall–Kier alpha value is -3.66. The van der Waals surface area contributed by atoms with Crippen molar-refractivity contribution in [3.05, 3.63) is 89.6 Å². The van der Waals surface area contributed by atoms with E-state index in [0.29, 0.717) is 16.9 Å². The molecule has 0 N–H and O–H groups in total. The van der Waals surface area contributed by atoms with E-state index in [0.717, 1.165) is 33.0 Å². The molecule has 4 heteroatoms. The van der Waals surface area contributed by atoms with E-state index in [1.54, 1.807) is 13.2 Å². The number of imidazole rings is 1. The summed E-state index contributed by atoms with van der Waals surface area (Å²) in [6.45, 7) is 2.05. The summed E-state index contributed by atoms with van der Waals surface area (Å²) >= 11 is 0. The molecule has 0 amide bonds. The number of methoxy groups -OCH3 is 1. The highest BCUT2D eigenvalue weighted by Gasteiger charge is 2.18. The summed E-state index contributed by atoms with van der Waals surface area (Å²) in [5.74, 6) is 0.640. The molecule has 0 bridgehead atoms. The van der Waals surface area contributed by atoms with Gasteiger partial charge < -0.3 is 4.74 Å². The summed E-state index contributed by atoms with van der Waals surface area (Å²) < 4.78 is 7.35. The second-order valence-electron chi connectivity index (χ2n) is 6.94. The molecule has 0 spiro atoms. The van der Waals surface area contributed by atoms with Gasteiger partial charge in [0.15, 0.2) is 5.78 Å². The van der Waals surface area contributed by atoms with Crippen LogP contribution in [-0.2, 0) is 0 Å². The number of rotatable bonds is 3. The van der Waals surface area contributed by atoms with Crippen LogP contribution in [0.25, 0.3) is 27.5 Å². The van der Waals surface area contributed by atoms with Crippen LogP contribution in [0.15, 0.2) is 72.9 Å². The van der Waals surface area contributed by atoms with Gasteiger partial charge in [-0.15, -0.1) is 0 Å². The van der Waals surface area contributed by atoms with Crippen molar-refractivity contribution in [3.8, 4) is 5.75 Å². The SMILES string of the molecule is COc1cccc(C(=O)c2cc3c(nc4ccc(C)cn43)c3ccccc23)c1. The van der Waals surface area contributed by atoms with Crippen molar-refractivity contribution in [2.24, 2.45) is 0 Å². The van der Waals surface area contributed by atoms with E-state index in [2.05, 4.69) is 17.5 Å². The molecule has 2 heterocycles. The third kappa shape index (κ3) is 2.46. The number of carbonyl (C=O) groups is 1. The van der Waals surface area contributed by atoms with Crippen LogP contribution in [0.2, 0.25) is 0 Å². The van der Waals surface area contributed by atoms with E-state index < -0.39 is 0 Å². The van der Waals surface area contributed by atoms with Gasteiger partial charge >= 0.3 is 0 Å². The van der Waals surface area contributed by atoms with Gasteiger partial charge in [-0.3, -0.25) is 9.20 Å². The molecule has 136 valence electrons. The van der Waals surface area contributed by atoms with Crippen LogP contribution < -0.4 is 4.74 Å². The molecule has 28 heavy (non-hydrogen) atoms. The molecular formula is C24H18N2O2. The minimum absolute atomic E-state index is 0.0281. The number of ether oxygens (including phenoxy) is 1. The fraction of sp³-hybridized carbons (Fsp3) is 0.0833. The zero-order valence-corrected chi connectivity index (χ0v) is 15.6. The Morgan fingerprint density at radius 3 is 2.61 bits per heavy atom. The number of aryl methyl sites for hydroxylation is 1. The highest BCUT2D eigenvalue weighted by molar-refractivity contribution is 6.21. The minimum atomic E-state index is -0.0281. The molecule has 0 fully saturated rings. The molecule has 5 rings (SSSR count). The number of carbonyl (C=O) groups excluding carboxylic acids is 1. The summed E-state index contributed by atoms with van der Waals surface area (Å²) in [4.78, 5) is 18.2. The van der Waals surface area contributed by atoms with E-state index in [4.69, 9.17) is 9.72 Å². The number of fused-ring (bicyclic) bond motifs is 5. The lowest BCUT2D eigenvalue weighted by molar-refractivity contribution is 0.104.